The number of anilines is 1. The van der Waals surface area contributed by atoms with Gasteiger partial charge in [-0.3, -0.25) is 33.8 Å². The summed E-state index contributed by atoms with van der Waals surface area (Å²) in [6.07, 6.45) is -0.290. The Labute approximate surface area is 400 Å². The number of halogens is 2. The van der Waals surface area contributed by atoms with Gasteiger partial charge in [0.25, 0.3) is 11.8 Å². The quantitative estimate of drug-likeness (QED) is 0.0740. The van der Waals surface area contributed by atoms with Crippen LogP contribution in [0.2, 0.25) is 0 Å². The van der Waals surface area contributed by atoms with Crippen molar-refractivity contribution in [2.45, 2.75) is 82.8 Å². The molecule has 5 heterocycles. The highest BCUT2D eigenvalue weighted by Crippen LogP contribution is 2.46. The van der Waals surface area contributed by atoms with Crippen molar-refractivity contribution in [2.75, 3.05) is 38.6 Å². The lowest BCUT2D eigenvalue weighted by molar-refractivity contribution is -0.143. The highest BCUT2D eigenvalue weighted by molar-refractivity contribution is 7.46. The van der Waals surface area contributed by atoms with Gasteiger partial charge in [0.1, 0.15) is 35.6 Å². The van der Waals surface area contributed by atoms with Gasteiger partial charge in [-0.05, 0) is 45.2 Å². The molecule has 29 heteroatoms. The third-order valence-electron chi connectivity index (χ3n) is 11.6. The normalized spacial score (nSPS) is 18.5. The average Bonchev–Trinajstić information content (AvgIpc) is 3.63. The molecule has 1 saturated heterocycles. The maximum Gasteiger partial charge on any atom is 0.472 e. The predicted octanol–water partition coefficient (Wildman–Crippen LogP) is 2.21. The van der Waals surface area contributed by atoms with Crippen LogP contribution in [0.3, 0.4) is 0 Å². The first kappa shape index (κ1) is 52.8. The predicted molar refractivity (Wildman–Crippen MR) is 234 cm³/mol. The van der Waals surface area contributed by atoms with Crippen molar-refractivity contribution in [3.05, 3.63) is 87.0 Å². The van der Waals surface area contributed by atoms with Crippen LogP contribution in [-0.4, -0.2) is 138 Å². The lowest BCUT2D eigenvalue weighted by atomic mass is 9.84. The molecule has 382 valence electrons. The van der Waals surface area contributed by atoms with Crippen molar-refractivity contribution in [1.29, 1.82) is 0 Å². The van der Waals surface area contributed by atoms with E-state index < -0.39 is 142 Å². The Balaban J connectivity index is 1.26. The fourth-order valence-corrected chi connectivity index (χ4v) is 8.28. The Kier molecular flexibility index (Phi) is 16.4. The molecule has 4 atom stereocenters. The van der Waals surface area contributed by atoms with Crippen LogP contribution in [0.1, 0.15) is 84.0 Å². The molecule has 0 saturated carbocycles. The van der Waals surface area contributed by atoms with E-state index in [1.54, 1.807) is 6.92 Å². The van der Waals surface area contributed by atoms with Crippen molar-refractivity contribution in [3.8, 4) is 5.75 Å². The number of fused-ring (bicyclic) bond motifs is 5. The number of phosphoric ester groups is 1. The molecule has 3 aliphatic rings. The van der Waals surface area contributed by atoms with E-state index in [4.69, 9.17) is 33.9 Å². The van der Waals surface area contributed by atoms with Gasteiger partial charge < -0.3 is 59.1 Å². The number of phosphoric acid groups is 1. The van der Waals surface area contributed by atoms with E-state index in [-0.39, 0.29) is 35.2 Å². The van der Waals surface area contributed by atoms with E-state index in [0.717, 1.165) is 30.3 Å². The number of hydrogen-bond acceptors (Lipinski definition) is 16. The highest BCUT2D eigenvalue weighted by atomic mass is 31.2. The molecule has 1 spiro atoms. The molecule has 0 unspecified atom stereocenters. The monoisotopic (exact) mass is 1020 g/mol. The molecule has 6 rings (SSSR count). The third-order valence-corrected chi connectivity index (χ3v) is 12.0. The number of amides is 5. The number of aliphatic carboxylic acids is 2. The Hall–Kier alpha value is -7.55. The van der Waals surface area contributed by atoms with Crippen LogP contribution >= 0.6 is 7.82 Å². The van der Waals surface area contributed by atoms with Crippen LogP contribution in [-0.2, 0) is 50.9 Å². The van der Waals surface area contributed by atoms with Crippen LogP contribution in [0, 0.1) is 11.6 Å². The molecule has 2 aromatic heterocycles. The Morgan fingerprint density at radius 3 is 2.45 bits per heavy atom. The molecule has 1 fully saturated rings. The third kappa shape index (κ3) is 12.6. The van der Waals surface area contributed by atoms with Crippen molar-refractivity contribution in [1.82, 2.24) is 30.0 Å². The summed E-state index contributed by atoms with van der Waals surface area (Å²) in [4.78, 5) is 136. The second-order valence-corrected chi connectivity index (χ2v) is 17.7. The van der Waals surface area contributed by atoms with Gasteiger partial charge in [-0.25, -0.2) is 37.2 Å². The smallest absolute Gasteiger partial charge is 0.472 e. The highest BCUT2D eigenvalue weighted by Gasteiger charge is 2.54. The van der Waals surface area contributed by atoms with E-state index >= 15 is 0 Å². The molecular weight excluding hydrogens is 973 g/mol. The standard InChI is InChI=1S/C42H47F2N8O18P/c1-22-14-42(70-48-22)11-10-23(2)51-18-30(42)52-17-27(37(57)46-15-24-6-7-26(43)13-28(24)44)34(56)35(33(52)38(51)58)66-20-67-40(61)49(3)36-25(5-4-12-45-36)16-50(41(62)68-21-69-71(63,64)65)19-31(53)47-29(39(59)60)8-9-32(54)55/h4-7,12-13,17,23,29-30H,8-11,14-16,18-21H2,1-3H3,(H,46,57)(H,47,53)(H,54,55)(H,59,60)(H2,63,64,65)/t23-,29-,30+,42-/m0/s1. The number of carboxylic acids is 2. The maximum atomic E-state index is 14.5. The molecule has 5 amide bonds. The molecule has 3 aromatic rings. The summed E-state index contributed by atoms with van der Waals surface area (Å²) in [7, 11) is -4.01. The summed E-state index contributed by atoms with van der Waals surface area (Å²) in [5, 5.41) is 27.2. The molecule has 1 aromatic carbocycles. The van der Waals surface area contributed by atoms with Gasteiger partial charge in [-0.2, -0.15) is 0 Å². The number of nitrogens with one attached hydrogen (secondary N) is 2. The fraction of sp³-hybridized carbons (Fsp3) is 0.429. The molecule has 0 aliphatic carbocycles. The number of nitrogens with zero attached hydrogens (tertiary/aromatic N) is 6. The Morgan fingerprint density at radius 1 is 1.06 bits per heavy atom. The summed E-state index contributed by atoms with van der Waals surface area (Å²) in [5.74, 6) is -8.59. The summed E-state index contributed by atoms with van der Waals surface area (Å²) in [6.45, 7) is -0.915. The van der Waals surface area contributed by atoms with Gasteiger partial charge in [0.2, 0.25) is 30.7 Å². The van der Waals surface area contributed by atoms with Crippen LogP contribution < -0.4 is 25.7 Å². The number of aromatic nitrogens is 2. The van der Waals surface area contributed by atoms with E-state index in [2.05, 4.69) is 25.3 Å². The summed E-state index contributed by atoms with van der Waals surface area (Å²) in [6, 6.07) is 2.53. The van der Waals surface area contributed by atoms with E-state index in [1.807, 2.05) is 6.92 Å². The molecule has 3 aliphatic heterocycles. The first-order valence-electron chi connectivity index (χ1n) is 21.3. The summed E-state index contributed by atoms with van der Waals surface area (Å²) in [5.41, 5.74) is -2.54. The van der Waals surface area contributed by atoms with Crippen molar-refractivity contribution < 1.29 is 90.5 Å². The molecule has 26 nitrogen and oxygen atoms in total. The van der Waals surface area contributed by atoms with E-state index in [9.17, 15) is 56.8 Å². The minimum Gasteiger partial charge on any atom is -0.481 e. The van der Waals surface area contributed by atoms with Gasteiger partial charge in [-0.15, -0.1) is 0 Å². The number of hydrogen-bond donors (Lipinski definition) is 6. The first-order chi connectivity index (χ1) is 33.5. The van der Waals surface area contributed by atoms with Crippen molar-refractivity contribution in [2.24, 2.45) is 5.16 Å². The zero-order chi connectivity index (χ0) is 51.9. The SMILES string of the molecule is CC1=NO[C@@]2(CC[C@H](C)N3C[C@H]2n2cc(C(=O)NCc4ccc(F)cc4F)c(=O)c(OCOC(=O)N(C)c4ncccc4CN(CC(=O)N[C@@H](CCC(=O)O)C(=O)O)C(=O)OCOP(=O)(O)O)c2C3=O)C1. The van der Waals surface area contributed by atoms with Crippen molar-refractivity contribution >= 4 is 61.2 Å². The van der Waals surface area contributed by atoms with Crippen LogP contribution in [0.25, 0.3) is 0 Å². The number of carboxylic acid groups (broad SMARTS) is 2. The largest absolute Gasteiger partial charge is 0.481 e. The summed E-state index contributed by atoms with van der Waals surface area (Å²) >= 11 is 0. The number of ether oxygens (including phenoxy) is 3. The number of oxime groups is 1. The molecule has 2 bridgehead atoms. The van der Waals surface area contributed by atoms with Gasteiger partial charge in [-0.1, -0.05) is 17.3 Å². The number of rotatable bonds is 19. The van der Waals surface area contributed by atoms with Crippen molar-refractivity contribution in [3.63, 3.8) is 0 Å². The molecule has 0 radical (unpaired) electrons. The van der Waals surface area contributed by atoms with Gasteiger partial charge >= 0.3 is 31.9 Å². The lowest BCUT2D eigenvalue weighted by Crippen LogP contribution is -2.52. The maximum absolute atomic E-state index is 14.5. The van der Waals surface area contributed by atoms with Crippen LogP contribution in [0.15, 0.2) is 52.7 Å². The van der Waals surface area contributed by atoms with Gasteiger partial charge in [0.05, 0.1) is 18.3 Å². The zero-order valence-corrected chi connectivity index (χ0v) is 38.8. The van der Waals surface area contributed by atoms with E-state index in [0.29, 0.717) is 35.9 Å². The fourth-order valence-electron chi connectivity index (χ4n) is 8.09. The minimum absolute atomic E-state index is 0.0284. The lowest BCUT2D eigenvalue weighted by Gasteiger charge is -2.42. The molecule has 6 N–H and O–H groups in total. The Bertz CT molecular complexity index is 2760. The molecule has 71 heavy (non-hydrogen) atoms. The number of carbonyl (C=O) groups excluding carboxylic acids is 5. The van der Waals surface area contributed by atoms with Gasteiger partial charge in [0.15, 0.2) is 11.3 Å². The average molecular weight is 1020 g/mol. The minimum atomic E-state index is -5.16. The number of carbonyl (C=O) groups is 7. The summed E-state index contributed by atoms with van der Waals surface area (Å²) < 4.78 is 60.8. The second kappa shape index (κ2) is 22.0. The number of benzene rings is 1. The molecular formula is C42H47F2N8O18P. The number of pyridine rings is 2. The zero-order valence-electron chi connectivity index (χ0n) is 37.9. The Morgan fingerprint density at radius 2 is 1.79 bits per heavy atom. The van der Waals surface area contributed by atoms with E-state index in [1.165, 1.54) is 27.8 Å². The van der Waals surface area contributed by atoms with Gasteiger partial charge in [0, 0.05) is 68.6 Å². The topological polar surface area (TPSA) is 345 Å². The van der Waals surface area contributed by atoms with Crippen LogP contribution in [0.5, 0.6) is 5.75 Å². The first-order valence-corrected chi connectivity index (χ1v) is 22.9. The van der Waals surface area contributed by atoms with Crippen LogP contribution in [0.4, 0.5) is 24.2 Å². The second-order valence-electron chi connectivity index (χ2n) is 16.5.